The van der Waals surface area contributed by atoms with Gasteiger partial charge in [0.1, 0.15) is 10.4 Å². The minimum absolute atomic E-state index is 0.0285. The molecule has 7 rings (SSSR count). The van der Waals surface area contributed by atoms with Gasteiger partial charge >= 0.3 is 6.18 Å². The molecule has 3 N–H and O–H groups in total. The van der Waals surface area contributed by atoms with E-state index in [9.17, 15) is 31.5 Å². The molecule has 1 aromatic carbocycles. The van der Waals surface area contributed by atoms with Gasteiger partial charge in [-0.15, -0.1) is 11.3 Å². The molecule has 3 aromatic rings. The average molecular weight is 649 g/mol. The van der Waals surface area contributed by atoms with Gasteiger partial charge in [0.15, 0.2) is 9.84 Å². The molecule has 3 fully saturated rings. The number of nitrogens with one attached hydrogen (secondary N) is 2. The highest BCUT2D eigenvalue weighted by Gasteiger charge is 2.42. The molecule has 15 heteroatoms. The van der Waals surface area contributed by atoms with Crippen LogP contribution >= 0.6 is 11.3 Å². The maximum Gasteiger partial charge on any atom is 0.420 e. The highest BCUT2D eigenvalue weighted by Crippen LogP contribution is 2.46. The molecule has 4 heterocycles. The Hall–Kier alpha value is -3.27. The summed E-state index contributed by atoms with van der Waals surface area (Å²) in [5.41, 5.74) is 1.09. The van der Waals surface area contributed by atoms with Gasteiger partial charge in [-0.05, 0) is 61.4 Å². The van der Waals surface area contributed by atoms with E-state index >= 15 is 0 Å². The molecule has 2 aromatic heterocycles. The Morgan fingerprint density at radius 2 is 1.93 bits per heavy atom. The molecule has 2 aliphatic heterocycles. The van der Waals surface area contributed by atoms with E-state index < -0.39 is 33.2 Å². The molecule has 0 spiro atoms. The average Bonchev–Trinajstić information content (AvgIpc) is 3.94. The number of thiophene rings is 1. The van der Waals surface area contributed by atoms with Crippen LogP contribution in [0.15, 0.2) is 35.4 Å². The van der Waals surface area contributed by atoms with Gasteiger partial charge in [-0.3, -0.25) is 4.79 Å². The van der Waals surface area contributed by atoms with Crippen LogP contribution < -0.4 is 15.5 Å². The quantitative estimate of drug-likeness (QED) is 0.348. The Morgan fingerprint density at radius 3 is 2.64 bits per heavy atom. The third kappa shape index (κ3) is 5.66. The molecule has 0 unspecified atom stereocenters. The predicted molar refractivity (Wildman–Crippen MR) is 159 cm³/mol. The van der Waals surface area contributed by atoms with Crippen molar-refractivity contribution < 1.29 is 31.5 Å². The third-order valence-electron chi connectivity index (χ3n) is 8.54. The van der Waals surface area contributed by atoms with Crippen molar-refractivity contribution in [3.8, 4) is 10.6 Å². The van der Waals surface area contributed by atoms with Crippen LogP contribution in [0.2, 0.25) is 0 Å². The number of fused-ring (bicyclic) bond motifs is 1. The maximum atomic E-state index is 14.2. The summed E-state index contributed by atoms with van der Waals surface area (Å²) in [4.78, 5) is 24.9. The number of sulfone groups is 1. The molecule has 10 nitrogen and oxygen atoms in total. The first-order valence-electron chi connectivity index (χ1n) is 14.6. The van der Waals surface area contributed by atoms with Crippen molar-refractivity contribution in [3.63, 3.8) is 0 Å². The van der Waals surface area contributed by atoms with E-state index in [0.717, 1.165) is 67.4 Å². The Balaban J connectivity index is 1.25. The molecular weight excluding hydrogens is 617 g/mol. The van der Waals surface area contributed by atoms with E-state index in [1.807, 2.05) is 12.1 Å². The predicted octanol–water partition coefficient (Wildman–Crippen LogP) is 4.01. The number of halogens is 3. The molecular formula is C29H31F3N6O4S2. The van der Waals surface area contributed by atoms with Crippen LogP contribution in [0, 0.1) is 0 Å². The van der Waals surface area contributed by atoms with E-state index in [2.05, 4.69) is 31.6 Å². The summed E-state index contributed by atoms with van der Waals surface area (Å²) in [5.74, 6) is -0.524. The lowest BCUT2D eigenvalue weighted by atomic mass is 10.1. The van der Waals surface area contributed by atoms with Crippen LogP contribution in [-0.4, -0.2) is 84.9 Å². The van der Waals surface area contributed by atoms with Crippen LogP contribution in [-0.2, 0) is 16.0 Å². The molecule has 1 atom stereocenters. The van der Waals surface area contributed by atoms with Crippen molar-refractivity contribution >= 4 is 44.4 Å². The monoisotopic (exact) mass is 648 g/mol. The number of piperazine rings is 1. The standard InChI is InChI=1S/C29H31F3N6O4S2/c30-29(31,32)21-13-34-28(35-22-6-5-19(11-20(22)16-1-2-16)37-8-7-33-17(14-37)15-39)36-25(21)23-12-24-26(43-23)27(40)38(18-3-4-18)9-10-44(24,41)42/h5-6,11-13,16-18,33,39H,1-4,7-10,14-15H2,(H,34,35,36)/t17-/m1/s1. The number of hydrogen-bond donors (Lipinski definition) is 3. The van der Waals surface area contributed by atoms with Gasteiger partial charge in [-0.25, -0.2) is 18.4 Å². The van der Waals surface area contributed by atoms with Crippen molar-refractivity contribution in [2.24, 2.45) is 0 Å². The van der Waals surface area contributed by atoms with Crippen molar-refractivity contribution in [1.82, 2.24) is 20.2 Å². The lowest BCUT2D eigenvalue weighted by Crippen LogP contribution is -2.52. The summed E-state index contributed by atoms with van der Waals surface area (Å²) in [6.45, 7) is 2.27. The van der Waals surface area contributed by atoms with Gasteiger partial charge in [0, 0.05) is 55.8 Å². The van der Waals surface area contributed by atoms with Gasteiger partial charge in [-0.1, -0.05) is 0 Å². The topological polar surface area (TPSA) is 128 Å². The fourth-order valence-corrected chi connectivity index (χ4v) is 8.82. The minimum Gasteiger partial charge on any atom is -0.395 e. The first kappa shape index (κ1) is 29.4. The number of anilines is 3. The maximum absolute atomic E-state index is 14.2. The first-order chi connectivity index (χ1) is 21.0. The Labute approximate surface area is 256 Å². The number of hydrogen-bond acceptors (Lipinski definition) is 10. The van der Waals surface area contributed by atoms with Gasteiger partial charge in [-0.2, -0.15) is 13.2 Å². The second kappa shape index (κ2) is 11.0. The molecule has 1 amide bonds. The van der Waals surface area contributed by atoms with Gasteiger partial charge < -0.3 is 25.5 Å². The van der Waals surface area contributed by atoms with E-state index in [1.54, 1.807) is 0 Å². The summed E-state index contributed by atoms with van der Waals surface area (Å²) in [6, 6.07) is 6.96. The van der Waals surface area contributed by atoms with Crippen molar-refractivity contribution in [3.05, 3.63) is 46.5 Å². The normalized spacial score (nSPS) is 22.1. The van der Waals surface area contributed by atoms with E-state index in [1.165, 1.54) is 4.90 Å². The van der Waals surface area contributed by atoms with Gasteiger partial charge in [0.25, 0.3) is 5.91 Å². The Kier molecular flexibility index (Phi) is 7.34. The SMILES string of the molecule is O=C1c2sc(-c3nc(Nc4ccc(N5CCN[C@@H](CO)C5)cc4C4CC4)ncc3C(F)(F)F)cc2S(=O)(=O)CCN1C1CC1. The zero-order valence-electron chi connectivity index (χ0n) is 23.6. The van der Waals surface area contributed by atoms with Crippen LogP contribution in [0.25, 0.3) is 10.6 Å². The Bertz CT molecular complexity index is 1720. The number of carbonyl (C=O) groups excluding carboxylic acids is 1. The molecule has 234 valence electrons. The summed E-state index contributed by atoms with van der Waals surface area (Å²) in [6.07, 6.45) is -0.585. The van der Waals surface area contributed by atoms with E-state index in [4.69, 9.17) is 0 Å². The number of benzene rings is 1. The zero-order valence-corrected chi connectivity index (χ0v) is 25.2. The molecule has 2 aliphatic carbocycles. The highest BCUT2D eigenvalue weighted by molar-refractivity contribution is 7.91. The number of amides is 1. The fraction of sp³-hybridized carbons (Fsp3) is 0.483. The Morgan fingerprint density at radius 1 is 1.14 bits per heavy atom. The zero-order chi connectivity index (χ0) is 30.8. The van der Waals surface area contributed by atoms with E-state index in [-0.39, 0.29) is 51.6 Å². The molecule has 0 radical (unpaired) electrons. The molecule has 2 saturated carbocycles. The van der Waals surface area contributed by atoms with Crippen LogP contribution in [0.5, 0.6) is 0 Å². The minimum atomic E-state index is -4.81. The molecule has 4 aliphatic rings. The molecule has 1 saturated heterocycles. The van der Waals surface area contributed by atoms with Gasteiger partial charge in [0.05, 0.1) is 27.8 Å². The number of aliphatic hydroxyl groups is 1. The number of nitrogens with zero attached hydrogens (tertiary/aromatic N) is 4. The highest BCUT2D eigenvalue weighted by atomic mass is 32.2. The van der Waals surface area contributed by atoms with Crippen LogP contribution in [0.4, 0.5) is 30.5 Å². The lowest BCUT2D eigenvalue weighted by Gasteiger charge is -2.35. The number of alkyl halides is 3. The van der Waals surface area contributed by atoms with Crippen molar-refractivity contribution in [1.29, 1.82) is 0 Å². The second-order valence-corrected chi connectivity index (χ2v) is 14.9. The number of aromatic nitrogens is 2. The summed E-state index contributed by atoms with van der Waals surface area (Å²) < 4.78 is 68.7. The number of aliphatic hydroxyl groups excluding tert-OH is 1. The number of carbonyl (C=O) groups is 1. The van der Waals surface area contributed by atoms with Crippen molar-refractivity contribution in [2.45, 2.75) is 54.8 Å². The molecule has 44 heavy (non-hydrogen) atoms. The molecule has 0 bridgehead atoms. The van der Waals surface area contributed by atoms with Gasteiger partial charge in [0.2, 0.25) is 5.95 Å². The van der Waals surface area contributed by atoms with E-state index in [0.29, 0.717) is 24.3 Å². The largest absolute Gasteiger partial charge is 0.420 e. The van der Waals surface area contributed by atoms with Crippen LogP contribution in [0.1, 0.15) is 52.4 Å². The smallest absolute Gasteiger partial charge is 0.395 e. The van der Waals surface area contributed by atoms with Crippen LogP contribution in [0.3, 0.4) is 0 Å². The fourth-order valence-electron chi connectivity index (χ4n) is 5.90. The summed E-state index contributed by atoms with van der Waals surface area (Å²) >= 11 is 0.727. The lowest BCUT2D eigenvalue weighted by molar-refractivity contribution is -0.137. The summed E-state index contributed by atoms with van der Waals surface area (Å²) in [7, 11) is -3.89. The number of rotatable bonds is 7. The third-order valence-corrected chi connectivity index (χ3v) is 11.5. The summed E-state index contributed by atoms with van der Waals surface area (Å²) in [5, 5.41) is 16.0. The first-order valence-corrected chi connectivity index (χ1v) is 17.1. The second-order valence-electron chi connectivity index (χ2n) is 11.8. The van der Waals surface area contributed by atoms with Crippen molar-refractivity contribution in [2.75, 3.05) is 48.8 Å².